The zero-order chi connectivity index (χ0) is 38.9. The van der Waals surface area contributed by atoms with Crippen molar-refractivity contribution in [3.05, 3.63) is 212 Å². The van der Waals surface area contributed by atoms with E-state index in [1.165, 1.54) is 64.0 Å². The number of anilines is 3. The zero-order valence-corrected chi connectivity index (χ0v) is 32.8. The summed E-state index contributed by atoms with van der Waals surface area (Å²) < 4.78 is 9.04. The van der Waals surface area contributed by atoms with Crippen molar-refractivity contribution in [3.63, 3.8) is 0 Å². The van der Waals surface area contributed by atoms with Gasteiger partial charge in [0, 0.05) is 53.3 Å². The highest BCUT2D eigenvalue weighted by molar-refractivity contribution is 7.26. The number of rotatable bonds is 6. The molecule has 0 unspecified atom stereocenters. The molecule has 276 valence electrons. The molecule has 59 heavy (non-hydrogen) atoms. The molecule has 0 spiro atoms. The highest BCUT2D eigenvalue weighted by atomic mass is 32.1. The minimum atomic E-state index is 0.907. The minimum absolute atomic E-state index is 0.907. The molecule has 12 aromatic rings. The Balaban J connectivity index is 1.04. The molecule has 2 aromatic heterocycles. The van der Waals surface area contributed by atoms with Gasteiger partial charge in [-0.3, -0.25) is 0 Å². The first-order valence-electron chi connectivity index (χ1n) is 20.1. The highest BCUT2D eigenvalue weighted by Gasteiger charge is 2.21. The molecule has 0 saturated carbocycles. The second-order valence-electron chi connectivity index (χ2n) is 15.2. The first-order chi connectivity index (χ1) is 29.3. The van der Waals surface area contributed by atoms with E-state index in [1.54, 1.807) is 0 Å². The predicted octanol–water partition coefficient (Wildman–Crippen LogP) is 16.7. The predicted molar refractivity (Wildman–Crippen MR) is 253 cm³/mol. The van der Waals surface area contributed by atoms with Gasteiger partial charge < -0.3 is 9.32 Å². The maximum atomic E-state index is 6.47. The van der Waals surface area contributed by atoms with E-state index in [1.807, 2.05) is 23.5 Å². The van der Waals surface area contributed by atoms with E-state index in [-0.39, 0.29) is 0 Å². The standard InChI is InChI=1S/C56H35NOS/c1-2-13-36(14-3-1)42-21-10-15-39-16-11-22-43(54(39)42)37-27-31-40(32-28-37)57(50-35-53-55(47-19-5-4-17-45(47)50)49-20-7-9-26-52(49)59-53)41-33-29-38(30-34-41)44-23-12-24-48-46-18-6-8-25-51(46)58-56(44)48/h1-35H. The second-order valence-corrected chi connectivity index (χ2v) is 16.3. The molecule has 0 atom stereocenters. The molecular weight excluding hydrogens is 735 g/mol. The lowest BCUT2D eigenvalue weighted by Gasteiger charge is -2.27. The zero-order valence-electron chi connectivity index (χ0n) is 32.0. The van der Waals surface area contributed by atoms with Gasteiger partial charge in [0.15, 0.2) is 0 Å². The molecule has 0 amide bonds. The van der Waals surface area contributed by atoms with Crippen LogP contribution in [0.1, 0.15) is 0 Å². The number of benzene rings is 10. The van der Waals surface area contributed by atoms with E-state index in [2.05, 4.69) is 205 Å². The molecule has 2 nitrogen and oxygen atoms in total. The van der Waals surface area contributed by atoms with Gasteiger partial charge in [0.05, 0.1) is 5.69 Å². The number of hydrogen-bond donors (Lipinski definition) is 0. The largest absolute Gasteiger partial charge is 0.455 e. The topological polar surface area (TPSA) is 16.4 Å². The summed E-state index contributed by atoms with van der Waals surface area (Å²) in [6.07, 6.45) is 0. The Bertz CT molecular complexity index is 3540. The van der Waals surface area contributed by atoms with Crippen LogP contribution in [-0.2, 0) is 0 Å². The molecule has 10 aromatic carbocycles. The first kappa shape index (κ1) is 33.7. The summed E-state index contributed by atoms with van der Waals surface area (Å²) in [7, 11) is 0. The number of fused-ring (bicyclic) bond motifs is 9. The van der Waals surface area contributed by atoms with Crippen LogP contribution in [0.25, 0.3) is 97.0 Å². The first-order valence-corrected chi connectivity index (χ1v) is 20.9. The van der Waals surface area contributed by atoms with Crippen molar-refractivity contribution in [2.24, 2.45) is 0 Å². The monoisotopic (exact) mass is 769 g/mol. The normalized spacial score (nSPS) is 11.7. The summed E-state index contributed by atoms with van der Waals surface area (Å²) >= 11 is 1.86. The van der Waals surface area contributed by atoms with Crippen LogP contribution >= 0.6 is 11.3 Å². The lowest BCUT2D eigenvalue weighted by Crippen LogP contribution is -2.10. The third kappa shape index (κ3) is 5.47. The van der Waals surface area contributed by atoms with Crippen LogP contribution in [0, 0.1) is 0 Å². The summed E-state index contributed by atoms with van der Waals surface area (Å²) in [6, 6.07) is 76.9. The molecule has 0 bridgehead atoms. The number of thiophene rings is 1. The van der Waals surface area contributed by atoms with E-state index in [0.717, 1.165) is 50.1 Å². The van der Waals surface area contributed by atoms with Gasteiger partial charge in [0.1, 0.15) is 11.2 Å². The molecule has 0 fully saturated rings. The summed E-state index contributed by atoms with van der Waals surface area (Å²) in [5.74, 6) is 0. The quantitative estimate of drug-likeness (QED) is 0.167. The van der Waals surface area contributed by atoms with E-state index in [0.29, 0.717) is 0 Å². The Morgan fingerprint density at radius 2 is 0.898 bits per heavy atom. The van der Waals surface area contributed by atoms with Gasteiger partial charge >= 0.3 is 0 Å². The van der Waals surface area contributed by atoms with Crippen LogP contribution in [-0.4, -0.2) is 0 Å². The van der Waals surface area contributed by atoms with Gasteiger partial charge in [-0.05, 0) is 86.4 Å². The van der Waals surface area contributed by atoms with Crippen molar-refractivity contribution < 1.29 is 4.42 Å². The summed E-state index contributed by atoms with van der Waals surface area (Å²) in [5.41, 5.74) is 12.2. The SMILES string of the molecule is c1ccc(-c2cccc3cccc(-c4ccc(N(c5ccc(-c6cccc7c6oc6ccccc67)cc5)c5cc6sc7ccccc7c6c6ccccc56)cc4)c23)cc1. The molecule has 0 N–H and O–H groups in total. The third-order valence-electron chi connectivity index (χ3n) is 11.9. The van der Waals surface area contributed by atoms with Crippen molar-refractivity contribution in [1.29, 1.82) is 0 Å². The van der Waals surface area contributed by atoms with Crippen LogP contribution in [0.5, 0.6) is 0 Å². The Hall–Kier alpha value is -7.46. The highest BCUT2D eigenvalue weighted by Crippen LogP contribution is 2.47. The Labute approximate surface area is 345 Å². The molecular formula is C56H35NOS. The molecule has 2 heterocycles. The molecule has 12 rings (SSSR count). The van der Waals surface area contributed by atoms with E-state index < -0.39 is 0 Å². The number of furan rings is 1. The van der Waals surface area contributed by atoms with Crippen LogP contribution in [0.3, 0.4) is 0 Å². The molecule has 0 saturated heterocycles. The Kier molecular flexibility index (Phi) is 7.75. The molecule has 0 aliphatic heterocycles. The number of para-hydroxylation sites is 2. The lowest BCUT2D eigenvalue weighted by atomic mass is 9.91. The molecule has 0 aliphatic rings. The van der Waals surface area contributed by atoms with Crippen LogP contribution in [0.2, 0.25) is 0 Å². The van der Waals surface area contributed by atoms with Crippen LogP contribution in [0.4, 0.5) is 17.1 Å². The van der Waals surface area contributed by atoms with Gasteiger partial charge in [-0.2, -0.15) is 0 Å². The number of hydrogen-bond acceptors (Lipinski definition) is 3. The van der Waals surface area contributed by atoms with Gasteiger partial charge in [0.2, 0.25) is 0 Å². The van der Waals surface area contributed by atoms with Gasteiger partial charge in [-0.15, -0.1) is 11.3 Å². The maximum Gasteiger partial charge on any atom is 0.143 e. The van der Waals surface area contributed by atoms with E-state index in [9.17, 15) is 0 Å². The summed E-state index contributed by atoms with van der Waals surface area (Å²) in [6.45, 7) is 0. The van der Waals surface area contributed by atoms with Gasteiger partial charge in [-0.25, -0.2) is 0 Å². The van der Waals surface area contributed by atoms with Gasteiger partial charge in [-0.1, -0.05) is 170 Å². The van der Waals surface area contributed by atoms with E-state index in [4.69, 9.17) is 4.42 Å². The van der Waals surface area contributed by atoms with Crippen molar-refractivity contribution in [2.75, 3.05) is 4.90 Å². The molecule has 0 aliphatic carbocycles. The molecule has 3 heteroatoms. The number of nitrogens with zero attached hydrogens (tertiary/aromatic N) is 1. The van der Waals surface area contributed by atoms with Crippen molar-refractivity contribution in [2.45, 2.75) is 0 Å². The lowest BCUT2D eigenvalue weighted by molar-refractivity contribution is 0.670. The average Bonchev–Trinajstić information content (AvgIpc) is 3.88. The van der Waals surface area contributed by atoms with Crippen molar-refractivity contribution >= 4 is 92.1 Å². The van der Waals surface area contributed by atoms with Crippen molar-refractivity contribution in [3.8, 4) is 33.4 Å². The second kappa shape index (κ2) is 13.6. The van der Waals surface area contributed by atoms with Crippen molar-refractivity contribution in [1.82, 2.24) is 0 Å². The van der Waals surface area contributed by atoms with E-state index >= 15 is 0 Å². The summed E-state index contributed by atoms with van der Waals surface area (Å²) in [5, 5.41) is 9.87. The van der Waals surface area contributed by atoms with Crippen LogP contribution < -0.4 is 4.90 Å². The Morgan fingerprint density at radius 1 is 0.356 bits per heavy atom. The fourth-order valence-electron chi connectivity index (χ4n) is 9.18. The molecule has 0 radical (unpaired) electrons. The smallest absolute Gasteiger partial charge is 0.143 e. The summed E-state index contributed by atoms with van der Waals surface area (Å²) in [4.78, 5) is 2.43. The van der Waals surface area contributed by atoms with Crippen LogP contribution in [0.15, 0.2) is 217 Å². The minimum Gasteiger partial charge on any atom is -0.455 e. The third-order valence-corrected chi connectivity index (χ3v) is 13.0. The fourth-order valence-corrected chi connectivity index (χ4v) is 10.3. The average molecular weight is 770 g/mol. The maximum absolute atomic E-state index is 6.47. The fraction of sp³-hybridized carbons (Fsp3) is 0. The van der Waals surface area contributed by atoms with Gasteiger partial charge in [0.25, 0.3) is 0 Å². The Morgan fingerprint density at radius 3 is 1.63 bits per heavy atom.